The van der Waals surface area contributed by atoms with Crippen molar-refractivity contribution in [2.24, 2.45) is 10.9 Å². The molecule has 6 nitrogen and oxygen atoms in total. The van der Waals surface area contributed by atoms with E-state index in [1.807, 2.05) is 19.2 Å². The fraction of sp³-hybridized carbons (Fsp3) is 0.480. The van der Waals surface area contributed by atoms with Crippen LogP contribution in [0.25, 0.3) is 0 Å². The van der Waals surface area contributed by atoms with Gasteiger partial charge in [-0.2, -0.15) is 0 Å². The highest BCUT2D eigenvalue weighted by Crippen LogP contribution is 2.46. The molecule has 2 aliphatic rings. The number of aliphatic imine (C=N–C) groups is 1. The van der Waals surface area contributed by atoms with Crippen LogP contribution >= 0.6 is 0 Å². The van der Waals surface area contributed by atoms with E-state index in [0.717, 1.165) is 51.1 Å². The summed E-state index contributed by atoms with van der Waals surface area (Å²) in [6.07, 6.45) is 1.25. The number of ether oxygens (including phenoxy) is 2. The predicted molar refractivity (Wildman–Crippen MR) is 125 cm³/mol. The first kappa shape index (κ1) is 21.7. The van der Waals surface area contributed by atoms with Crippen LogP contribution in [-0.4, -0.2) is 64.4 Å². The number of hydrogen-bond acceptors (Lipinski definition) is 4. The van der Waals surface area contributed by atoms with Crippen molar-refractivity contribution in [2.75, 3.05) is 53.6 Å². The first-order chi connectivity index (χ1) is 15.3. The van der Waals surface area contributed by atoms with Crippen molar-refractivity contribution in [2.45, 2.75) is 18.4 Å². The van der Waals surface area contributed by atoms with Gasteiger partial charge < -0.3 is 20.1 Å². The predicted octanol–water partition coefficient (Wildman–Crippen LogP) is 3.04. The third kappa shape index (κ3) is 5.77. The molecule has 0 aromatic heterocycles. The Labute approximate surface area is 185 Å². The lowest BCUT2D eigenvalue weighted by atomic mass is 10.0. The van der Waals surface area contributed by atoms with Crippen LogP contribution in [0.1, 0.15) is 29.5 Å². The Morgan fingerprint density at radius 2 is 1.84 bits per heavy atom. The van der Waals surface area contributed by atoms with E-state index in [9.17, 15) is 0 Å². The lowest BCUT2D eigenvalue weighted by Gasteiger charge is -2.35. The molecule has 0 spiro atoms. The molecule has 2 aromatic rings. The molecule has 0 radical (unpaired) electrons. The van der Waals surface area contributed by atoms with Crippen molar-refractivity contribution in [3.63, 3.8) is 0 Å². The SMILES string of the molecule is CN=C(NCC1CC1c1ccccc1)NCC(c1ccc(OC)cc1)N1CCOCC1. The van der Waals surface area contributed by atoms with E-state index in [4.69, 9.17) is 9.47 Å². The Morgan fingerprint density at radius 3 is 2.52 bits per heavy atom. The summed E-state index contributed by atoms with van der Waals surface area (Å²) < 4.78 is 10.9. The number of nitrogens with one attached hydrogen (secondary N) is 2. The second-order valence-corrected chi connectivity index (χ2v) is 8.28. The van der Waals surface area contributed by atoms with Crippen molar-refractivity contribution in [1.82, 2.24) is 15.5 Å². The van der Waals surface area contributed by atoms with Crippen LogP contribution in [0, 0.1) is 5.92 Å². The molecule has 1 saturated carbocycles. The van der Waals surface area contributed by atoms with Gasteiger partial charge in [-0.1, -0.05) is 42.5 Å². The van der Waals surface area contributed by atoms with E-state index >= 15 is 0 Å². The molecule has 1 saturated heterocycles. The van der Waals surface area contributed by atoms with Crippen LogP contribution < -0.4 is 15.4 Å². The molecule has 3 unspecified atom stereocenters. The van der Waals surface area contributed by atoms with Gasteiger partial charge >= 0.3 is 0 Å². The first-order valence-corrected chi connectivity index (χ1v) is 11.2. The van der Waals surface area contributed by atoms with Crippen LogP contribution in [-0.2, 0) is 4.74 Å². The van der Waals surface area contributed by atoms with E-state index in [1.54, 1.807) is 7.11 Å². The van der Waals surface area contributed by atoms with Crippen LogP contribution in [0.3, 0.4) is 0 Å². The first-order valence-electron chi connectivity index (χ1n) is 11.2. The highest BCUT2D eigenvalue weighted by atomic mass is 16.5. The van der Waals surface area contributed by atoms with Crippen molar-refractivity contribution >= 4 is 5.96 Å². The number of rotatable bonds is 8. The summed E-state index contributed by atoms with van der Waals surface area (Å²) in [6.45, 7) is 5.17. The Balaban J connectivity index is 1.32. The normalized spacial score (nSPS) is 22.6. The minimum absolute atomic E-state index is 0.256. The Bertz CT molecular complexity index is 834. The number of hydrogen-bond donors (Lipinski definition) is 2. The maximum atomic E-state index is 5.57. The van der Waals surface area contributed by atoms with Gasteiger partial charge in [0.25, 0.3) is 0 Å². The zero-order valence-corrected chi connectivity index (χ0v) is 18.6. The lowest BCUT2D eigenvalue weighted by Crippen LogP contribution is -2.46. The average Bonchev–Trinajstić information content (AvgIpc) is 3.62. The number of methoxy groups -OCH3 is 1. The fourth-order valence-electron chi connectivity index (χ4n) is 4.40. The van der Waals surface area contributed by atoms with Gasteiger partial charge in [0.1, 0.15) is 5.75 Å². The molecular weight excluding hydrogens is 388 g/mol. The largest absolute Gasteiger partial charge is 0.497 e. The molecule has 1 heterocycles. The number of guanidine groups is 1. The molecule has 31 heavy (non-hydrogen) atoms. The molecule has 0 amide bonds. The summed E-state index contributed by atoms with van der Waals surface area (Å²) >= 11 is 0. The topological polar surface area (TPSA) is 58.1 Å². The maximum Gasteiger partial charge on any atom is 0.191 e. The quantitative estimate of drug-likeness (QED) is 0.506. The molecule has 6 heteroatoms. The highest BCUT2D eigenvalue weighted by molar-refractivity contribution is 5.79. The van der Waals surface area contributed by atoms with E-state index in [1.165, 1.54) is 17.5 Å². The molecule has 4 rings (SSSR count). The minimum atomic E-state index is 0.256. The third-order valence-electron chi connectivity index (χ3n) is 6.36. The molecule has 2 N–H and O–H groups in total. The number of nitrogens with zero attached hydrogens (tertiary/aromatic N) is 2. The highest BCUT2D eigenvalue weighted by Gasteiger charge is 2.37. The van der Waals surface area contributed by atoms with Crippen molar-refractivity contribution in [3.05, 3.63) is 65.7 Å². The van der Waals surface area contributed by atoms with Gasteiger partial charge in [0.15, 0.2) is 5.96 Å². The van der Waals surface area contributed by atoms with E-state index in [2.05, 4.69) is 63.0 Å². The van der Waals surface area contributed by atoms with Crippen LogP contribution in [0.5, 0.6) is 5.75 Å². The molecule has 1 aliphatic heterocycles. The van der Waals surface area contributed by atoms with Crippen LogP contribution in [0.4, 0.5) is 0 Å². The molecule has 0 bridgehead atoms. The summed E-state index contributed by atoms with van der Waals surface area (Å²) in [6, 6.07) is 19.5. The second kappa shape index (κ2) is 10.6. The Hall–Kier alpha value is -2.57. The maximum absolute atomic E-state index is 5.57. The summed E-state index contributed by atoms with van der Waals surface area (Å²) in [7, 11) is 3.54. The molecular formula is C25H34N4O2. The van der Waals surface area contributed by atoms with E-state index < -0.39 is 0 Å². The number of benzene rings is 2. The van der Waals surface area contributed by atoms with Gasteiger partial charge in [0, 0.05) is 33.2 Å². The van der Waals surface area contributed by atoms with Gasteiger partial charge in [-0.05, 0) is 41.5 Å². The standard InChI is InChI=1S/C25H34N4O2/c1-26-25(27-17-21-16-23(21)19-6-4-3-5-7-19)28-18-24(29-12-14-31-15-13-29)20-8-10-22(30-2)11-9-20/h3-11,21,23-24H,12-18H2,1-2H3,(H2,26,27,28). The summed E-state index contributed by atoms with van der Waals surface area (Å²) in [5, 5.41) is 7.09. The Morgan fingerprint density at radius 1 is 1.10 bits per heavy atom. The zero-order valence-electron chi connectivity index (χ0n) is 18.6. The molecule has 3 atom stereocenters. The lowest BCUT2D eigenvalue weighted by molar-refractivity contribution is 0.0170. The Kier molecular flexibility index (Phi) is 7.43. The second-order valence-electron chi connectivity index (χ2n) is 8.28. The summed E-state index contributed by atoms with van der Waals surface area (Å²) in [5.74, 6) is 3.10. The summed E-state index contributed by atoms with van der Waals surface area (Å²) in [4.78, 5) is 6.94. The van der Waals surface area contributed by atoms with Gasteiger partial charge in [0.05, 0.1) is 26.4 Å². The van der Waals surface area contributed by atoms with Crippen molar-refractivity contribution in [1.29, 1.82) is 0 Å². The smallest absolute Gasteiger partial charge is 0.191 e. The fourth-order valence-corrected chi connectivity index (χ4v) is 4.40. The number of morpholine rings is 1. The average molecular weight is 423 g/mol. The van der Waals surface area contributed by atoms with E-state index in [0.29, 0.717) is 11.8 Å². The van der Waals surface area contributed by atoms with E-state index in [-0.39, 0.29) is 6.04 Å². The van der Waals surface area contributed by atoms with Crippen LogP contribution in [0.15, 0.2) is 59.6 Å². The third-order valence-corrected chi connectivity index (χ3v) is 6.36. The van der Waals surface area contributed by atoms with Gasteiger partial charge in [-0.15, -0.1) is 0 Å². The molecule has 2 fully saturated rings. The van der Waals surface area contributed by atoms with Gasteiger partial charge in [0.2, 0.25) is 0 Å². The molecule has 2 aromatic carbocycles. The van der Waals surface area contributed by atoms with Crippen molar-refractivity contribution < 1.29 is 9.47 Å². The monoisotopic (exact) mass is 422 g/mol. The van der Waals surface area contributed by atoms with Gasteiger partial charge in [-0.3, -0.25) is 9.89 Å². The van der Waals surface area contributed by atoms with Crippen LogP contribution in [0.2, 0.25) is 0 Å². The minimum Gasteiger partial charge on any atom is -0.497 e. The zero-order chi connectivity index (χ0) is 21.5. The summed E-state index contributed by atoms with van der Waals surface area (Å²) in [5.41, 5.74) is 2.72. The van der Waals surface area contributed by atoms with Gasteiger partial charge in [-0.25, -0.2) is 0 Å². The molecule has 166 valence electrons. The molecule has 1 aliphatic carbocycles. The van der Waals surface area contributed by atoms with Crippen molar-refractivity contribution in [3.8, 4) is 5.75 Å².